The molecule has 1 aliphatic heterocycles. The first-order valence-electron chi connectivity index (χ1n) is 6.30. The predicted molar refractivity (Wildman–Crippen MR) is 75.9 cm³/mol. The first-order valence-corrected chi connectivity index (χ1v) is 7.70. The number of hydrogen-bond donors (Lipinski definition) is 0. The average Bonchev–Trinajstić information content (AvgIpc) is 2.82. The molecule has 0 amide bonds. The molecule has 1 aromatic heterocycles. The molecule has 0 saturated carbocycles. The van der Waals surface area contributed by atoms with E-state index in [0.717, 1.165) is 8.39 Å². The third-order valence-corrected chi connectivity index (χ3v) is 5.40. The Morgan fingerprint density at radius 1 is 1.20 bits per heavy atom. The SMILES string of the molecule is CN(C)S(=O)(=O)n1cc(B2OC(C)(C)C(C)(C)O2)cn1. The van der Waals surface area contributed by atoms with E-state index < -0.39 is 28.5 Å². The minimum Gasteiger partial charge on any atom is -0.399 e. The van der Waals surface area contributed by atoms with E-state index in [4.69, 9.17) is 9.31 Å². The van der Waals surface area contributed by atoms with E-state index in [2.05, 4.69) is 5.10 Å². The van der Waals surface area contributed by atoms with Gasteiger partial charge in [0.05, 0.1) is 17.4 Å². The zero-order valence-electron chi connectivity index (χ0n) is 12.6. The van der Waals surface area contributed by atoms with Crippen LogP contribution in [0.5, 0.6) is 0 Å². The molecule has 0 aliphatic carbocycles. The van der Waals surface area contributed by atoms with E-state index in [9.17, 15) is 8.42 Å². The van der Waals surface area contributed by atoms with Gasteiger partial charge in [-0.15, -0.1) is 0 Å². The Morgan fingerprint density at radius 2 is 1.70 bits per heavy atom. The van der Waals surface area contributed by atoms with Crippen LogP contribution in [0.15, 0.2) is 12.4 Å². The standard InChI is InChI=1S/C11H20BN3O4S/c1-10(2)11(3,4)19-12(18-10)9-7-13-15(8-9)20(16,17)14(5)6/h7-8H,1-6H3. The second kappa shape index (κ2) is 4.55. The fourth-order valence-electron chi connectivity index (χ4n) is 1.71. The van der Waals surface area contributed by atoms with Gasteiger partial charge in [-0.1, -0.05) is 0 Å². The largest absolute Gasteiger partial charge is 0.498 e. The third kappa shape index (κ3) is 2.39. The van der Waals surface area contributed by atoms with Crippen LogP contribution in [0, 0.1) is 0 Å². The summed E-state index contributed by atoms with van der Waals surface area (Å²) in [6, 6.07) is 0. The van der Waals surface area contributed by atoms with Crippen LogP contribution in [-0.4, -0.2) is 54.3 Å². The van der Waals surface area contributed by atoms with E-state index in [1.54, 1.807) is 0 Å². The molecule has 0 atom stereocenters. The second-order valence-corrected chi connectivity index (χ2v) is 8.02. The lowest BCUT2D eigenvalue weighted by Gasteiger charge is -2.32. The van der Waals surface area contributed by atoms with Crippen molar-refractivity contribution in [3.63, 3.8) is 0 Å². The Labute approximate surface area is 120 Å². The zero-order valence-corrected chi connectivity index (χ0v) is 13.4. The van der Waals surface area contributed by atoms with Gasteiger partial charge in [0.15, 0.2) is 0 Å². The van der Waals surface area contributed by atoms with Crippen molar-refractivity contribution in [2.75, 3.05) is 14.1 Å². The third-order valence-electron chi connectivity index (χ3n) is 3.80. The second-order valence-electron chi connectivity index (χ2n) is 6.02. The number of hydrogen-bond acceptors (Lipinski definition) is 5. The summed E-state index contributed by atoms with van der Waals surface area (Å²) in [6.07, 6.45) is 2.86. The summed E-state index contributed by atoms with van der Waals surface area (Å²) in [4.78, 5) is 0. The van der Waals surface area contributed by atoms with E-state index in [1.807, 2.05) is 27.7 Å². The van der Waals surface area contributed by atoms with Gasteiger partial charge in [0, 0.05) is 25.8 Å². The molecule has 0 bridgehead atoms. The highest BCUT2D eigenvalue weighted by Gasteiger charge is 2.52. The van der Waals surface area contributed by atoms with Gasteiger partial charge < -0.3 is 9.31 Å². The molecule has 112 valence electrons. The minimum absolute atomic E-state index is 0.472. The Bertz CT molecular complexity index is 593. The minimum atomic E-state index is -3.62. The molecule has 1 aromatic rings. The van der Waals surface area contributed by atoms with Crippen molar-refractivity contribution < 1.29 is 17.7 Å². The van der Waals surface area contributed by atoms with Crippen LogP contribution < -0.4 is 5.46 Å². The molecule has 2 heterocycles. The molecule has 0 spiro atoms. The molecule has 7 nitrogen and oxygen atoms in total. The topological polar surface area (TPSA) is 73.7 Å². The van der Waals surface area contributed by atoms with E-state index in [0.29, 0.717) is 5.46 Å². The van der Waals surface area contributed by atoms with Crippen LogP contribution in [0.3, 0.4) is 0 Å². The molecule has 0 aromatic carbocycles. The van der Waals surface area contributed by atoms with Crippen LogP contribution in [0.1, 0.15) is 27.7 Å². The van der Waals surface area contributed by atoms with Gasteiger partial charge >= 0.3 is 17.3 Å². The van der Waals surface area contributed by atoms with Gasteiger partial charge in [-0.05, 0) is 27.7 Å². The first kappa shape index (κ1) is 15.5. The van der Waals surface area contributed by atoms with Crippen LogP contribution in [0.4, 0.5) is 0 Å². The summed E-state index contributed by atoms with van der Waals surface area (Å²) < 4.78 is 37.6. The van der Waals surface area contributed by atoms with Crippen molar-refractivity contribution in [3.05, 3.63) is 12.4 Å². The highest BCUT2D eigenvalue weighted by molar-refractivity contribution is 7.87. The maximum Gasteiger partial charge on any atom is 0.498 e. The Balaban J connectivity index is 2.28. The van der Waals surface area contributed by atoms with Crippen LogP contribution in [-0.2, 0) is 19.5 Å². The molecule has 1 fully saturated rings. The summed E-state index contributed by atoms with van der Waals surface area (Å²) in [5.41, 5.74) is -0.366. The quantitative estimate of drug-likeness (QED) is 0.725. The summed E-state index contributed by atoms with van der Waals surface area (Å²) in [5, 5.41) is 3.88. The number of nitrogens with zero attached hydrogens (tertiary/aromatic N) is 3. The number of rotatable bonds is 3. The smallest absolute Gasteiger partial charge is 0.399 e. The normalized spacial score (nSPS) is 21.6. The number of aromatic nitrogens is 2. The molecule has 9 heteroatoms. The van der Waals surface area contributed by atoms with Crippen LogP contribution in [0.2, 0.25) is 0 Å². The van der Waals surface area contributed by atoms with Gasteiger partial charge in [-0.25, -0.2) is 0 Å². The van der Waals surface area contributed by atoms with Crippen molar-refractivity contribution >= 4 is 22.8 Å². The van der Waals surface area contributed by atoms with Gasteiger partial charge in [0.2, 0.25) is 0 Å². The van der Waals surface area contributed by atoms with E-state index in [-0.39, 0.29) is 0 Å². The summed E-state index contributed by atoms with van der Waals surface area (Å²) >= 11 is 0. The molecular weight excluding hydrogens is 281 g/mol. The van der Waals surface area contributed by atoms with Gasteiger partial charge in [0.25, 0.3) is 0 Å². The highest BCUT2D eigenvalue weighted by Crippen LogP contribution is 2.36. The van der Waals surface area contributed by atoms with Gasteiger partial charge in [-0.3, -0.25) is 0 Å². The lowest BCUT2D eigenvalue weighted by Crippen LogP contribution is -2.41. The van der Waals surface area contributed by atoms with E-state index in [1.165, 1.54) is 26.5 Å². The molecule has 0 radical (unpaired) electrons. The molecular formula is C11H20BN3O4S. The first-order chi connectivity index (χ1) is 8.97. The van der Waals surface area contributed by atoms with Crippen molar-refractivity contribution in [2.45, 2.75) is 38.9 Å². The van der Waals surface area contributed by atoms with Crippen LogP contribution >= 0.6 is 0 Å². The van der Waals surface area contributed by atoms with E-state index >= 15 is 0 Å². The zero-order chi connectivity index (χ0) is 15.3. The molecule has 0 unspecified atom stereocenters. The summed E-state index contributed by atoms with van der Waals surface area (Å²) in [7, 11) is -1.33. The highest BCUT2D eigenvalue weighted by atomic mass is 32.2. The maximum atomic E-state index is 12.0. The average molecular weight is 301 g/mol. The van der Waals surface area contributed by atoms with Gasteiger partial charge in [0.1, 0.15) is 0 Å². The predicted octanol–water partition coefficient (Wildman–Crippen LogP) is -0.163. The summed E-state index contributed by atoms with van der Waals surface area (Å²) in [6.45, 7) is 7.75. The Kier molecular flexibility index (Phi) is 3.53. The van der Waals surface area contributed by atoms with Gasteiger partial charge in [-0.2, -0.15) is 21.9 Å². The molecule has 2 rings (SSSR count). The Morgan fingerprint density at radius 3 is 2.15 bits per heavy atom. The lowest BCUT2D eigenvalue weighted by atomic mass is 9.82. The monoisotopic (exact) mass is 301 g/mol. The fourth-order valence-corrected chi connectivity index (χ4v) is 2.47. The van der Waals surface area contributed by atoms with Crippen molar-refractivity contribution in [1.82, 2.24) is 13.5 Å². The molecule has 1 saturated heterocycles. The molecule has 1 aliphatic rings. The maximum absolute atomic E-state index is 12.0. The Hall–Kier alpha value is -0.895. The van der Waals surface area contributed by atoms with Crippen molar-refractivity contribution in [3.8, 4) is 0 Å². The summed E-state index contributed by atoms with van der Waals surface area (Å²) in [5.74, 6) is 0. The lowest BCUT2D eigenvalue weighted by molar-refractivity contribution is 0.00578. The van der Waals surface area contributed by atoms with Crippen LogP contribution in [0.25, 0.3) is 0 Å². The fraction of sp³-hybridized carbons (Fsp3) is 0.727. The molecule has 20 heavy (non-hydrogen) atoms. The molecule has 0 N–H and O–H groups in total. The van der Waals surface area contributed by atoms with Crippen molar-refractivity contribution in [2.24, 2.45) is 0 Å². The van der Waals surface area contributed by atoms with Crippen molar-refractivity contribution in [1.29, 1.82) is 0 Å².